The predicted octanol–water partition coefficient (Wildman–Crippen LogP) is 5.00. The van der Waals surface area contributed by atoms with Gasteiger partial charge in [0, 0.05) is 49.1 Å². The first-order valence-electron chi connectivity index (χ1n) is 10.3. The Bertz CT molecular complexity index is 1030. The lowest BCUT2D eigenvalue weighted by Crippen LogP contribution is -2.37. The van der Waals surface area contributed by atoms with E-state index in [2.05, 4.69) is 0 Å². The van der Waals surface area contributed by atoms with Gasteiger partial charge in [0.05, 0.1) is 6.54 Å². The fourth-order valence-electron chi connectivity index (χ4n) is 4.48. The second-order valence-electron chi connectivity index (χ2n) is 8.30. The van der Waals surface area contributed by atoms with Gasteiger partial charge < -0.3 is 9.64 Å². The smallest absolute Gasteiger partial charge is 0.372 e. The monoisotopic (exact) mass is 468 g/mol. The number of aryl methyl sites for hydroxylation is 1. The lowest BCUT2D eigenvalue weighted by Gasteiger charge is -2.29. The number of fused-ring (bicyclic) bond motifs is 1. The second kappa shape index (κ2) is 8.68. The number of ether oxygens (including phenoxy) is 1. The molecule has 0 N–H and O–H groups in total. The van der Waals surface area contributed by atoms with Crippen molar-refractivity contribution in [2.24, 2.45) is 0 Å². The van der Waals surface area contributed by atoms with E-state index < -0.39 is 24.1 Å². The van der Waals surface area contributed by atoms with Gasteiger partial charge in [-0.1, -0.05) is 11.8 Å². The summed E-state index contributed by atoms with van der Waals surface area (Å²) >= 11 is 1.38. The molecule has 1 fully saturated rings. The molecule has 2 aromatic rings. The molecule has 1 atom stereocenters. The highest BCUT2D eigenvalue weighted by Crippen LogP contribution is 2.40. The van der Waals surface area contributed by atoms with Crippen LogP contribution >= 0.6 is 11.8 Å². The van der Waals surface area contributed by atoms with Gasteiger partial charge in [-0.2, -0.15) is 13.2 Å². The number of amides is 1. The standard InChI is InChI=1S/C23H24F4N2O2S/c1-28-20-5-4-18(9-15(20)3-6-21(28)30)32-19-11-16(10-17(24)12-19)22(31-2)7-8-29(13-22)14-23(25,26)27/h4-5,9-12H,3,6-8,13-14H2,1-2H3. The number of rotatable bonds is 5. The Morgan fingerprint density at radius 1 is 1.12 bits per heavy atom. The molecule has 1 unspecified atom stereocenters. The van der Waals surface area contributed by atoms with E-state index >= 15 is 0 Å². The van der Waals surface area contributed by atoms with Gasteiger partial charge in [0.15, 0.2) is 0 Å². The molecule has 32 heavy (non-hydrogen) atoms. The molecule has 4 rings (SSSR count). The zero-order chi connectivity index (χ0) is 23.1. The summed E-state index contributed by atoms with van der Waals surface area (Å²) in [5.41, 5.74) is 1.48. The van der Waals surface area contributed by atoms with E-state index in [0.717, 1.165) is 16.1 Å². The maximum Gasteiger partial charge on any atom is 0.401 e. The predicted molar refractivity (Wildman–Crippen MR) is 114 cm³/mol. The number of carbonyl (C=O) groups is 1. The normalized spacial score (nSPS) is 21.8. The Hall–Kier alpha value is -2.10. The summed E-state index contributed by atoms with van der Waals surface area (Å²) in [7, 11) is 3.20. The van der Waals surface area contributed by atoms with Crippen molar-refractivity contribution in [2.45, 2.75) is 40.8 Å². The number of benzene rings is 2. The highest BCUT2D eigenvalue weighted by molar-refractivity contribution is 7.99. The fraction of sp³-hybridized carbons (Fsp3) is 0.435. The van der Waals surface area contributed by atoms with E-state index in [4.69, 9.17) is 4.74 Å². The van der Waals surface area contributed by atoms with Crippen LogP contribution in [-0.2, 0) is 21.6 Å². The number of hydrogen-bond acceptors (Lipinski definition) is 4. The minimum Gasteiger partial charge on any atom is -0.372 e. The first-order chi connectivity index (χ1) is 15.1. The number of alkyl halides is 3. The van der Waals surface area contributed by atoms with Gasteiger partial charge in [-0.05, 0) is 60.4 Å². The van der Waals surface area contributed by atoms with Crippen LogP contribution in [0.4, 0.5) is 23.2 Å². The van der Waals surface area contributed by atoms with Crippen molar-refractivity contribution in [3.8, 4) is 0 Å². The van der Waals surface area contributed by atoms with Crippen LogP contribution < -0.4 is 4.90 Å². The molecule has 2 aliphatic heterocycles. The molecule has 172 valence electrons. The van der Waals surface area contributed by atoms with Crippen molar-refractivity contribution in [1.82, 2.24) is 4.90 Å². The summed E-state index contributed by atoms with van der Waals surface area (Å²) < 4.78 is 58.7. The Morgan fingerprint density at radius 2 is 1.91 bits per heavy atom. The third-order valence-electron chi connectivity index (χ3n) is 6.13. The molecule has 1 amide bonds. The van der Waals surface area contributed by atoms with Crippen molar-refractivity contribution < 1.29 is 27.1 Å². The lowest BCUT2D eigenvalue weighted by molar-refractivity contribution is -0.146. The van der Waals surface area contributed by atoms with E-state index in [1.54, 1.807) is 18.0 Å². The van der Waals surface area contributed by atoms with Crippen LogP contribution in [0.2, 0.25) is 0 Å². The number of nitrogens with zero attached hydrogens (tertiary/aromatic N) is 2. The van der Waals surface area contributed by atoms with Crippen LogP contribution in [0.5, 0.6) is 0 Å². The number of halogens is 4. The first-order valence-corrected chi connectivity index (χ1v) is 11.1. The van der Waals surface area contributed by atoms with Crippen LogP contribution in [0.1, 0.15) is 24.0 Å². The Balaban J connectivity index is 1.58. The van der Waals surface area contributed by atoms with Crippen molar-refractivity contribution in [3.63, 3.8) is 0 Å². The van der Waals surface area contributed by atoms with Gasteiger partial charge in [0.1, 0.15) is 11.4 Å². The molecule has 0 spiro atoms. The highest BCUT2D eigenvalue weighted by atomic mass is 32.2. The third-order valence-corrected chi connectivity index (χ3v) is 7.09. The molecule has 2 aromatic carbocycles. The number of methoxy groups -OCH3 is 1. The molecule has 9 heteroatoms. The summed E-state index contributed by atoms with van der Waals surface area (Å²) in [6.45, 7) is -0.736. The highest BCUT2D eigenvalue weighted by Gasteiger charge is 2.43. The SMILES string of the molecule is COC1(c2cc(F)cc(Sc3ccc4c(c3)CCC(=O)N4C)c2)CCN(CC(F)(F)F)C1. The molecule has 0 aliphatic carbocycles. The average Bonchev–Trinajstić information content (AvgIpc) is 3.13. The lowest BCUT2D eigenvalue weighted by atomic mass is 9.92. The quantitative estimate of drug-likeness (QED) is 0.579. The van der Waals surface area contributed by atoms with Crippen LogP contribution in [0.15, 0.2) is 46.2 Å². The van der Waals surface area contributed by atoms with Crippen LogP contribution in [0, 0.1) is 5.82 Å². The Kier molecular flexibility index (Phi) is 6.26. The van der Waals surface area contributed by atoms with Gasteiger partial charge in [-0.25, -0.2) is 4.39 Å². The van der Waals surface area contributed by atoms with Crippen LogP contribution in [0.3, 0.4) is 0 Å². The molecule has 2 aliphatic rings. The summed E-state index contributed by atoms with van der Waals surface area (Å²) in [5, 5.41) is 0. The number of carbonyl (C=O) groups excluding carboxylic acids is 1. The minimum absolute atomic E-state index is 0.0514. The molecular weight excluding hydrogens is 444 g/mol. The average molecular weight is 469 g/mol. The minimum atomic E-state index is -4.29. The van der Waals surface area contributed by atoms with E-state index in [9.17, 15) is 22.4 Å². The van der Waals surface area contributed by atoms with Crippen molar-refractivity contribution in [2.75, 3.05) is 38.7 Å². The summed E-state index contributed by atoms with van der Waals surface area (Å²) in [6, 6.07) is 10.3. The van der Waals surface area contributed by atoms with Gasteiger partial charge in [0.25, 0.3) is 0 Å². The van der Waals surface area contributed by atoms with Gasteiger partial charge in [-0.15, -0.1) is 0 Å². The molecule has 0 aromatic heterocycles. The second-order valence-corrected chi connectivity index (χ2v) is 9.44. The summed E-state index contributed by atoms with van der Waals surface area (Å²) in [6.07, 6.45) is -2.83. The van der Waals surface area contributed by atoms with E-state index in [1.165, 1.54) is 35.9 Å². The zero-order valence-electron chi connectivity index (χ0n) is 17.8. The largest absolute Gasteiger partial charge is 0.401 e. The Labute approximate surface area is 188 Å². The molecular formula is C23H24F4N2O2S. The molecule has 4 nitrogen and oxygen atoms in total. The Morgan fingerprint density at radius 3 is 2.62 bits per heavy atom. The third kappa shape index (κ3) is 4.79. The van der Waals surface area contributed by atoms with Crippen LogP contribution in [-0.4, -0.2) is 50.8 Å². The van der Waals surface area contributed by atoms with Gasteiger partial charge >= 0.3 is 6.18 Å². The summed E-state index contributed by atoms with van der Waals surface area (Å²) in [5.74, 6) is -0.382. The van der Waals surface area contributed by atoms with Gasteiger partial charge in [0.2, 0.25) is 5.91 Å². The first kappa shape index (κ1) is 23.1. The molecule has 2 heterocycles. The van der Waals surface area contributed by atoms with E-state index in [-0.39, 0.29) is 19.0 Å². The summed E-state index contributed by atoms with van der Waals surface area (Å²) in [4.78, 5) is 16.4. The number of anilines is 1. The van der Waals surface area contributed by atoms with Crippen LogP contribution in [0.25, 0.3) is 0 Å². The zero-order valence-corrected chi connectivity index (χ0v) is 18.7. The number of hydrogen-bond donors (Lipinski definition) is 0. The van der Waals surface area contributed by atoms with Crippen molar-refractivity contribution in [1.29, 1.82) is 0 Å². The number of likely N-dealkylation sites (tertiary alicyclic amines) is 1. The fourth-order valence-corrected chi connectivity index (χ4v) is 5.45. The maximum atomic E-state index is 14.5. The topological polar surface area (TPSA) is 32.8 Å². The van der Waals surface area contributed by atoms with Crippen molar-refractivity contribution in [3.05, 3.63) is 53.3 Å². The van der Waals surface area contributed by atoms with E-state index in [0.29, 0.717) is 29.7 Å². The molecule has 0 bridgehead atoms. The molecule has 1 saturated heterocycles. The van der Waals surface area contributed by atoms with Crippen molar-refractivity contribution >= 4 is 23.4 Å². The van der Waals surface area contributed by atoms with Gasteiger partial charge in [-0.3, -0.25) is 9.69 Å². The maximum absolute atomic E-state index is 14.5. The molecule has 0 radical (unpaired) electrons. The molecule has 0 saturated carbocycles. The van der Waals surface area contributed by atoms with E-state index in [1.807, 2.05) is 18.2 Å².